The molecule has 29 heavy (non-hydrogen) atoms. The van der Waals surface area contributed by atoms with Gasteiger partial charge in [-0.05, 0) is 68.8 Å². The van der Waals surface area contributed by atoms with Gasteiger partial charge in [0.2, 0.25) is 5.91 Å². The summed E-state index contributed by atoms with van der Waals surface area (Å²) < 4.78 is 0. The Bertz CT molecular complexity index is 850. The van der Waals surface area contributed by atoms with Crippen molar-refractivity contribution in [2.24, 2.45) is 0 Å². The van der Waals surface area contributed by atoms with Crippen molar-refractivity contribution in [2.45, 2.75) is 31.7 Å². The minimum absolute atomic E-state index is 0.0164. The average Bonchev–Trinajstić information content (AvgIpc) is 2.72. The second-order valence-corrected chi connectivity index (χ2v) is 7.80. The molecule has 1 fully saturated rings. The van der Waals surface area contributed by atoms with Gasteiger partial charge < -0.3 is 20.9 Å². The van der Waals surface area contributed by atoms with Crippen molar-refractivity contribution >= 4 is 23.2 Å². The number of hydrogen-bond donors (Lipinski definition) is 2. The van der Waals surface area contributed by atoms with Crippen molar-refractivity contribution < 1.29 is 9.59 Å². The molecule has 2 aromatic rings. The van der Waals surface area contributed by atoms with Crippen LogP contribution in [0.1, 0.15) is 35.2 Å². The van der Waals surface area contributed by atoms with E-state index in [-0.39, 0.29) is 17.9 Å². The number of amides is 2. The molecule has 1 heterocycles. The van der Waals surface area contributed by atoms with E-state index in [9.17, 15) is 9.59 Å². The summed E-state index contributed by atoms with van der Waals surface area (Å²) in [5.74, 6) is -0.0579. The van der Waals surface area contributed by atoms with E-state index in [2.05, 4.69) is 17.3 Å². The van der Waals surface area contributed by atoms with Crippen molar-refractivity contribution in [1.82, 2.24) is 9.80 Å². The zero-order valence-corrected chi connectivity index (χ0v) is 17.2. The van der Waals surface area contributed by atoms with Crippen LogP contribution in [0, 0.1) is 0 Å². The highest BCUT2D eigenvalue weighted by Crippen LogP contribution is 2.18. The van der Waals surface area contributed by atoms with Crippen LogP contribution in [0.15, 0.2) is 48.5 Å². The summed E-state index contributed by atoms with van der Waals surface area (Å²) in [6.07, 6.45) is 3.09. The maximum atomic E-state index is 12.8. The lowest BCUT2D eigenvalue weighted by atomic mass is 10.0. The number of para-hydroxylation sites is 1. The monoisotopic (exact) mass is 394 g/mol. The number of nitrogens with one attached hydrogen (secondary N) is 1. The van der Waals surface area contributed by atoms with E-state index in [4.69, 9.17) is 5.73 Å². The minimum atomic E-state index is -0.0744. The van der Waals surface area contributed by atoms with Crippen LogP contribution in [-0.2, 0) is 11.2 Å². The van der Waals surface area contributed by atoms with Gasteiger partial charge in [-0.3, -0.25) is 9.59 Å². The number of benzene rings is 2. The first kappa shape index (κ1) is 20.9. The Balaban J connectivity index is 1.53. The fourth-order valence-electron chi connectivity index (χ4n) is 3.75. The number of nitrogen functional groups attached to an aromatic ring is 1. The molecule has 0 spiro atoms. The first-order chi connectivity index (χ1) is 13.9. The average molecular weight is 395 g/mol. The van der Waals surface area contributed by atoms with E-state index in [1.165, 1.54) is 0 Å². The van der Waals surface area contributed by atoms with Gasteiger partial charge in [0, 0.05) is 43.0 Å². The highest BCUT2D eigenvalue weighted by Gasteiger charge is 2.25. The zero-order valence-electron chi connectivity index (χ0n) is 17.2. The molecular formula is C23H30N4O2. The summed E-state index contributed by atoms with van der Waals surface area (Å²) in [5.41, 5.74) is 8.92. The number of carbonyl (C=O) groups is 2. The van der Waals surface area contributed by atoms with Crippen LogP contribution in [0.4, 0.5) is 11.4 Å². The van der Waals surface area contributed by atoms with Crippen molar-refractivity contribution in [3.05, 3.63) is 59.7 Å². The number of nitrogens with zero attached hydrogens (tertiary/aromatic N) is 2. The number of carbonyl (C=O) groups excluding carboxylic acids is 2. The maximum absolute atomic E-state index is 12.8. The smallest absolute Gasteiger partial charge is 0.253 e. The molecule has 0 saturated carbocycles. The molecule has 1 atom stereocenters. The summed E-state index contributed by atoms with van der Waals surface area (Å²) in [6, 6.07) is 14.9. The standard InChI is InChI=1S/C23H30N4O2/c1-26-15-5-7-20(16-26)27(2)23(29)18-9-12-19(13-10-18)25-22(28)14-11-17-6-3-4-8-21(17)24/h3-4,6,8-10,12-13,20H,5,7,11,14-16,24H2,1-2H3,(H,25,28). The van der Waals surface area contributed by atoms with Crippen LogP contribution < -0.4 is 11.1 Å². The van der Waals surface area contributed by atoms with Crippen LogP contribution in [0.25, 0.3) is 0 Å². The molecule has 0 radical (unpaired) electrons. The fraction of sp³-hybridized carbons (Fsp3) is 0.391. The number of likely N-dealkylation sites (N-methyl/N-ethyl adjacent to an activating group) is 2. The summed E-state index contributed by atoms with van der Waals surface area (Å²) in [5, 5.41) is 2.88. The van der Waals surface area contributed by atoms with Gasteiger partial charge in [0.05, 0.1) is 0 Å². The molecular weight excluding hydrogens is 364 g/mol. The minimum Gasteiger partial charge on any atom is -0.399 e. The van der Waals surface area contributed by atoms with E-state index in [1.54, 1.807) is 24.3 Å². The Labute approximate surface area is 172 Å². The van der Waals surface area contributed by atoms with Gasteiger partial charge >= 0.3 is 0 Å². The first-order valence-electron chi connectivity index (χ1n) is 10.1. The van der Waals surface area contributed by atoms with E-state index in [0.29, 0.717) is 29.8 Å². The Morgan fingerprint density at radius 3 is 2.59 bits per heavy atom. The predicted octanol–water partition coefficient (Wildman–Crippen LogP) is 3.01. The van der Waals surface area contributed by atoms with Crippen LogP contribution in [0.3, 0.4) is 0 Å². The zero-order chi connectivity index (χ0) is 20.8. The molecule has 6 heteroatoms. The molecule has 3 N–H and O–H groups in total. The second kappa shape index (κ2) is 9.56. The highest BCUT2D eigenvalue weighted by molar-refractivity contribution is 5.96. The number of aryl methyl sites for hydroxylation is 1. The molecule has 1 unspecified atom stereocenters. The van der Waals surface area contributed by atoms with Crippen molar-refractivity contribution in [2.75, 3.05) is 38.2 Å². The Kier molecular flexibility index (Phi) is 6.88. The lowest BCUT2D eigenvalue weighted by molar-refractivity contribution is -0.116. The van der Waals surface area contributed by atoms with Crippen LogP contribution in [-0.4, -0.2) is 54.8 Å². The first-order valence-corrected chi connectivity index (χ1v) is 10.1. The number of rotatable bonds is 6. The Hall–Kier alpha value is -2.86. The molecule has 6 nitrogen and oxygen atoms in total. The summed E-state index contributed by atoms with van der Waals surface area (Å²) in [7, 11) is 3.96. The third-order valence-corrected chi connectivity index (χ3v) is 5.56. The molecule has 1 aliphatic rings. The number of anilines is 2. The summed E-state index contributed by atoms with van der Waals surface area (Å²) in [4.78, 5) is 29.1. The van der Waals surface area contributed by atoms with Gasteiger partial charge in [-0.2, -0.15) is 0 Å². The normalized spacial score (nSPS) is 17.0. The predicted molar refractivity (Wildman–Crippen MR) is 117 cm³/mol. The molecule has 2 amide bonds. The van der Waals surface area contributed by atoms with Crippen LogP contribution >= 0.6 is 0 Å². The third-order valence-electron chi connectivity index (χ3n) is 5.56. The van der Waals surface area contributed by atoms with E-state index < -0.39 is 0 Å². The quantitative estimate of drug-likeness (QED) is 0.738. The van der Waals surface area contributed by atoms with Crippen LogP contribution in [0.5, 0.6) is 0 Å². The molecule has 0 bridgehead atoms. The second-order valence-electron chi connectivity index (χ2n) is 7.80. The van der Waals surface area contributed by atoms with Crippen LogP contribution in [0.2, 0.25) is 0 Å². The van der Waals surface area contributed by atoms with E-state index >= 15 is 0 Å². The lowest BCUT2D eigenvalue weighted by Gasteiger charge is -2.35. The molecule has 1 saturated heterocycles. The van der Waals surface area contributed by atoms with Gasteiger partial charge in [0.15, 0.2) is 0 Å². The van der Waals surface area contributed by atoms with Gasteiger partial charge in [-0.1, -0.05) is 18.2 Å². The maximum Gasteiger partial charge on any atom is 0.253 e. The Morgan fingerprint density at radius 2 is 1.90 bits per heavy atom. The van der Waals surface area contributed by atoms with Crippen molar-refractivity contribution in [3.8, 4) is 0 Å². The number of nitrogens with two attached hydrogens (primary N) is 1. The highest BCUT2D eigenvalue weighted by atomic mass is 16.2. The number of piperidine rings is 1. The molecule has 2 aromatic carbocycles. The number of likely N-dealkylation sites (tertiary alicyclic amines) is 1. The molecule has 0 aliphatic carbocycles. The van der Waals surface area contributed by atoms with Gasteiger partial charge in [-0.25, -0.2) is 0 Å². The van der Waals surface area contributed by atoms with E-state index in [1.807, 2.05) is 36.2 Å². The number of hydrogen-bond acceptors (Lipinski definition) is 4. The SMILES string of the molecule is CN1CCCC(N(C)C(=O)c2ccc(NC(=O)CCc3ccccc3N)cc2)C1. The van der Waals surface area contributed by atoms with E-state index in [0.717, 1.165) is 31.5 Å². The third kappa shape index (κ3) is 5.57. The van der Waals surface area contributed by atoms with Crippen molar-refractivity contribution in [1.29, 1.82) is 0 Å². The molecule has 3 rings (SSSR count). The van der Waals surface area contributed by atoms with Crippen molar-refractivity contribution in [3.63, 3.8) is 0 Å². The summed E-state index contributed by atoms with van der Waals surface area (Å²) in [6.45, 7) is 1.99. The Morgan fingerprint density at radius 1 is 1.17 bits per heavy atom. The lowest BCUT2D eigenvalue weighted by Crippen LogP contribution is -2.47. The molecule has 154 valence electrons. The van der Waals surface area contributed by atoms with Gasteiger partial charge in [-0.15, -0.1) is 0 Å². The fourth-order valence-corrected chi connectivity index (χ4v) is 3.75. The molecule has 1 aliphatic heterocycles. The topological polar surface area (TPSA) is 78.7 Å². The summed E-state index contributed by atoms with van der Waals surface area (Å²) >= 11 is 0. The van der Waals surface area contributed by atoms with Gasteiger partial charge in [0.1, 0.15) is 0 Å². The molecule has 0 aromatic heterocycles. The van der Waals surface area contributed by atoms with Gasteiger partial charge in [0.25, 0.3) is 5.91 Å². The largest absolute Gasteiger partial charge is 0.399 e.